The summed E-state index contributed by atoms with van der Waals surface area (Å²) >= 11 is 0. The molecule has 9 aromatic rings. The Balaban J connectivity index is 0.927. The highest BCUT2D eigenvalue weighted by Gasteiger charge is 2.37. The van der Waals surface area contributed by atoms with Crippen LogP contribution in [0, 0.1) is 11.3 Å². The molecule has 4 heteroatoms. The largest absolute Gasteiger partial charge is 0.208 e. The van der Waals surface area contributed by atoms with Crippen LogP contribution in [-0.4, -0.2) is 15.0 Å². The SMILES string of the molecule is CC1(C)c2cc(-c3ccc(-c4ccc5ccc(-c6ccc(-c7nc(-c8ccccc8)nc(-c8ccccc8)n7)cc6)cc5c4)cc3)ccc2-c2c(C#N)cccc21. The molecule has 1 heterocycles. The highest BCUT2D eigenvalue weighted by molar-refractivity contribution is 5.92. The van der Waals surface area contributed by atoms with Gasteiger partial charge in [0.05, 0.1) is 11.6 Å². The molecule has 1 aliphatic carbocycles. The smallest absolute Gasteiger partial charge is 0.164 e. The van der Waals surface area contributed by atoms with Crippen LogP contribution in [0.15, 0.2) is 182 Å². The molecule has 0 fully saturated rings. The lowest BCUT2D eigenvalue weighted by atomic mass is 9.81. The van der Waals surface area contributed by atoms with Gasteiger partial charge in [-0.05, 0) is 85.1 Å². The lowest BCUT2D eigenvalue weighted by Crippen LogP contribution is -2.15. The number of nitriles is 1. The van der Waals surface area contributed by atoms with E-state index in [4.69, 9.17) is 15.0 Å². The first-order chi connectivity index (χ1) is 27.9. The Hall–Kier alpha value is -7.48. The summed E-state index contributed by atoms with van der Waals surface area (Å²) in [5, 5.41) is 12.2. The summed E-state index contributed by atoms with van der Waals surface area (Å²) in [5.41, 5.74) is 15.1. The van der Waals surface area contributed by atoms with E-state index >= 15 is 0 Å². The van der Waals surface area contributed by atoms with Crippen molar-refractivity contribution in [2.24, 2.45) is 0 Å². The van der Waals surface area contributed by atoms with Gasteiger partial charge in [0.15, 0.2) is 17.5 Å². The standard InChI is InChI=1S/C53H36N4/c1-53(2)47-15-9-14-44(33-54)49(47)46-29-28-43(32-48(46)53)36-18-16-34(17-19-36)41-26-22-37-23-27-42(31-45(37)30-41)35-20-24-40(25-21-35)52-56-50(38-10-5-3-6-11-38)55-51(57-52)39-12-7-4-8-13-39/h3-32H,1-2H3. The Kier molecular flexibility index (Phi) is 8.17. The van der Waals surface area contributed by atoms with Gasteiger partial charge in [0.25, 0.3) is 0 Å². The zero-order chi connectivity index (χ0) is 38.5. The summed E-state index contributed by atoms with van der Waals surface area (Å²) in [7, 11) is 0. The van der Waals surface area contributed by atoms with Crippen molar-refractivity contribution in [3.8, 4) is 84.7 Å². The average molecular weight is 729 g/mol. The van der Waals surface area contributed by atoms with E-state index in [2.05, 4.69) is 129 Å². The van der Waals surface area contributed by atoms with Crippen molar-refractivity contribution in [3.63, 3.8) is 0 Å². The first kappa shape index (κ1) is 34.0. The van der Waals surface area contributed by atoms with Crippen LogP contribution in [0.5, 0.6) is 0 Å². The molecule has 0 N–H and O–H groups in total. The van der Waals surface area contributed by atoms with Crippen LogP contribution in [0.3, 0.4) is 0 Å². The molecule has 0 bridgehead atoms. The molecule has 0 atom stereocenters. The molecule has 1 aromatic heterocycles. The summed E-state index contributed by atoms with van der Waals surface area (Å²) in [5.74, 6) is 1.94. The average Bonchev–Trinajstić information content (AvgIpc) is 3.51. The normalized spacial score (nSPS) is 12.5. The van der Waals surface area contributed by atoms with E-state index in [0.717, 1.165) is 44.5 Å². The Labute approximate surface area is 332 Å². The maximum absolute atomic E-state index is 9.83. The molecule has 1 aliphatic rings. The third-order valence-electron chi connectivity index (χ3n) is 11.4. The summed E-state index contributed by atoms with van der Waals surface area (Å²) in [4.78, 5) is 14.6. The lowest BCUT2D eigenvalue weighted by molar-refractivity contribution is 0.660. The lowest BCUT2D eigenvalue weighted by Gasteiger charge is -2.22. The fourth-order valence-electron chi connectivity index (χ4n) is 8.27. The minimum Gasteiger partial charge on any atom is -0.208 e. The van der Waals surface area contributed by atoms with Crippen LogP contribution in [0.4, 0.5) is 0 Å². The molecule has 0 aliphatic heterocycles. The monoisotopic (exact) mass is 728 g/mol. The Bertz CT molecular complexity index is 2960. The quantitative estimate of drug-likeness (QED) is 0.171. The van der Waals surface area contributed by atoms with Crippen molar-refractivity contribution in [2.45, 2.75) is 19.3 Å². The molecule has 268 valence electrons. The summed E-state index contributed by atoms with van der Waals surface area (Å²) in [6.07, 6.45) is 0. The van der Waals surface area contributed by atoms with Crippen LogP contribution >= 0.6 is 0 Å². The minimum atomic E-state index is -0.174. The fourth-order valence-corrected chi connectivity index (χ4v) is 8.27. The molecule has 0 radical (unpaired) electrons. The van der Waals surface area contributed by atoms with Crippen molar-refractivity contribution < 1.29 is 0 Å². The molecule has 0 saturated heterocycles. The van der Waals surface area contributed by atoms with E-state index in [1.165, 1.54) is 44.2 Å². The zero-order valence-corrected chi connectivity index (χ0v) is 31.6. The second-order valence-electron chi connectivity index (χ2n) is 15.2. The zero-order valence-electron chi connectivity index (χ0n) is 31.6. The molecule has 8 aromatic carbocycles. The Morgan fingerprint density at radius 3 is 1.33 bits per heavy atom. The summed E-state index contributed by atoms with van der Waals surface area (Å²) in [6.45, 7) is 4.51. The van der Waals surface area contributed by atoms with Gasteiger partial charge in [0.2, 0.25) is 0 Å². The minimum absolute atomic E-state index is 0.174. The number of benzene rings is 8. The van der Waals surface area contributed by atoms with Gasteiger partial charge in [0.1, 0.15) is 0 Å². The first-order valence-electron chi connectivity index (χ1n) is 19.2. The van der Waals surface area contributed by atoms with Gasteiger partial charge in [-0.15, -0.1) is 0 Å². The topological polar surface area (TPSA) is 62.5 Å². The van der Waals surface area contributed by atoms with Gasteiger partial charge in [-0.25, -0.2) is 15.0 Å². The molecule has 0 spiro atoms. The predicted octanol–water partition coefficient (Wildman–Crippen LogP) is 13.2. The Morgan fingerprint density at radius 2 is 0.825 bits per heavy atom. The van der Waals surface area contributed by atoms with Crippen molar-refractivity contribution in [1.29, 1.82) is 5.26 Å². The maximum Gasteiger partial charge on any atom is 0.164 e. The number of hydrogen-bond acceptors (Lipinski definition) is 4. The number of aromatic nitrogens is 3. The Morgan fingerprint density at radius 1 is 0.386 bits per heavy atom. The van der Waals surface area contributed by atoms with E-state index in [1.54, 1.807) is 0 Å². The van der Waals surface area contributed by atoms with E-state index in [0.29, 0.717) is 17.5 Å². The van der Waals surface area contributed by atoms with Crippen molar-refractivity contribution in [3.05, 3.63) is 199 Å². The molecular weight excluding hydrogens is 693 g/mol. The number of hydrogen-bond donors (Lipinski definition) is 0. The molecule has 0 amide bonds. The second-order valence-corrected chi connectivity index (χ2v) is 15.2. The van der Waals surface area contributed by atoms with Crippen molar-refractivity contribution in [1.82, 2.24) is 15.0 Å². The number of fused-ring (bicyclic) bond motifs is 4. The van der Waals surface area contributed by atoms with Crippen LogP contribution in [-0.2, 0) is 5.41 Å². The summed E-state index contributed by atoms with van der Waals surface area (Å²) < 4.78 is 0. The molecule has 57 heavy (non-hydrogen) atoms. The van der Waals surface area contributed by atoms with Gasteiger partial charge < -0.3 is 0 Å². The van der Waals surface area contributed by atoms with Crippen LogP contribution in [0.1, 0.15) is 30.5 Å². The second kappa shape index (κ2) is 13.7. The van der Waals surface area contributed by atoms with E-state index in [1.807, 2.05) is 72.8 Å². The van der Waals surface area contributed by atoms with Gasteiger partial charge in [-0.3, -0.25) is 0 Å². The third kappa shape index (κ3) is 6.07. The van der Waals surface area contributed by atoms with Crippen LogP contribution in [0.2, 0.25) is 0 Å². The number of rotatable bonds is 6. The fraction of sp³-hybridized carbons (Fsp3) is 0.0566. The molecular formula is C53H36N4. The van der Waals surface area contributed by atoms with E-state index < -0.39 is 0 Å². The van der Waals surface area contributed by atoms with Crippen molar-refractivity contribution in [2.75, 3.05) is 0 Å². The highest BCUT2D eigenvalue weighted by atomic mass is 15.0. The van der Waals surface area contributed by atoms with Crippen LogP contribution in [0.25, 0.3) is 89.4 Å². The van der Waals surface area contributed by atoms with E-state index in [-0.39, 0.29) is 5.41 Å². The third-order valence-corrected chi connectivity index (χ3v) is 11.4. The highest BCUT2D eigenvalue weighted by Crippen LogP contribution is 2.51. The molecule has 10 rings (SSSR count). The van der Waals surface area contributed by atoms with Gasteiger partial charge in [-0.1, -0.05) is 172 Å². The first-order valence-corrected chi connectivity index (χ1v) is 19.2. The predicted molar refractivity (Wildman–Crippen MR) is 232 cm³/mol. The summed E-state index contributed by atoms with van der Waals surface area (Å²) in [6, 6.07) is 66.0. The molecule has 0 unspecified atom stereocenters. The molecule has 4 nitrogen and oxygen atoms in total. The van der Waals surface area contributed by atoms with Gasteiger partial charge in [0, 0.05) is 27.7 Å². The van der Waals surface area contributed by atoms with Crippen molar-refractivity contribution >= 4 is 10.8 Å². The van der Waals surface area contributed by atoms with Gasteiger partial charge >= 0.3 is 0 Å². The molecule has 0 saturated carbocycles. The maximum atomic E-state index is 9.83. The van der Waals surface area contributed by atoms with E-state index in [9.17, 15) is 5.26 Å². The van der Waals surface area contributed by atoms with Gasteiger partial charge in [-0.2, -0.15) is 5.26 Å². The number of nitrogens with zero attached hydrogens (tertiary/aromatic N) is 4. The van der Waals surface area contributed by atoms with Crippen LogP contribution < -0.4 is 0 Å².